The monoisotopic (exact) mass is 1240 g/mol. The van der Waals surface area contributed by atoms with Gasteiger partial charge in [0.15, 0.2) is 0 Å². The fraction of sp³-hybridized carbons (Fsp3) is 0.687. The van der Waals surface area contributed by atoms with Crippen molar-refractivity contribution in [2.24, 2.45) is 11.7 Å². The van der Waals surface area contributed by atoms with Crippen molar-refractivity contribution in [2.45, 2.75) is 267 Å². The molecule has 0 aliphatic heterocycles. The molecule has 3 aromatic rings. The first-order valence-electron chi connectivity index (χ1n) is 31.9. The molecule has 0 aromatic heterocycles. The van der Waals surface area contributed by atoms with Crippen LogP contribution in [-0.2, 0) is 53.0 Å². The molecule has 0 heterocycles. The van der Waals surface area contributed by atoms with Crippen LogP contribution in [0.25, 0.3) is 0 Å². The highest BCUT2D eigenvalue weighted by molar-refractivity contribution is 5.75. The average molecular weight is 1240 g/mol. The molecule has 0 saturated heterocycles. The minimum Gasteiger partial charge on any atom is -0.390 e. The SMILES string of the molecule is CCC(=O)N[C@@H](COC1CCC[C@H](O)[C@H](O)[C@H]1O)[C@H](O)[C@H](O)CC.CC[C@@H](O)[C@@H](O)[C@@H](N)COC1CCC[C@H](O)[C@H](O)[C@H]1O.CC[C@@H](O)[C@@H](OC(C)C)[C@H](COC1CC=C[C@H](C)[C@H](OCc2ccccc2)[C@H]1OCc1ccccc1)NCc1ccccc1. The van der Waals surface area contributed by atoms with Gasteiger partial charge in [0.1, 0.15) is 42.7 Å². The number of hydrogen-bond acceptors (Lipinski definition) is 20. The summed E-state index contributed by atoms with van der Waals surface area (Å²) in [6.07, 6.45) is -4.88. The van der Waals surface area contributed by atoms with Crippen LogP contribution in [0.4, 0.5) is 0 Å². The Labute approximate surface area is 522 Å². The average Bonchev–Trinajstić information content (AvgIpc) is 4.02. The molecule has 2 saturated carbocycles. The van der Waals surface area contributed by atoms with Gasteiger partial charge in [-0.25, -0.2) is 0 Å². The van der Waals surface area contributed by atoms with Gasteiger partial charge in [-0.2, -0.15) is 0 Å². The lowest BCUT2D eigenvalue weighted by Gasteiger charge is -2.37. The first kappa shape index (κ1) is 76.6. The summed E-state index contributed by atoms with van der Waals surface area (Å²) in [6, 6.07) is 28.9. The zero-order chi connectivity index (χ0) is 64.7. The Morgan fingerprint density at radius 3 is 1.50 bits per heavy atom. The number of benzene rings is 3. The minimum atomic E-state index is -1.30. The summed E-state index contributed by atoms with van der Waals surface area (Å²) in [6.45, 7) is 15.1. The Hall–Kier alpha value is -3.89. The lowest BCUT2D eigenvalue weighted by molar-refractivity contribution is -0.163. The van der Waals surface area contributed by atoms with Gasteiger partial charge in [0.25, 0.3) is 0 Å². The van der Waals surface area contributed by atoms with Crippen molar-refractivity contribution in [1.29, 1.82) is 0 Å². The standard InChI is InChI=1S/C38H51NO5.C16H31NO7.C13H27NO6/c1-5-34(40)37(44-28(2)3)33(39-24-30-17-9-6-10-18-30)27-41-35-23-15-16-29(4)36(42-25-31-19-11-7-12-20-31)38(35)43-26-32-21-13-8-14-22-32;1-3-10(18)14(21)9(17-13(20)4-2)8-24-12-7-5-6-11(19)15(22)16(12)23;1-2-8(15)11(17)7(14)6-20-10-5-3-4-9(16)12(18)13(10)19/h6-22,28-29,33-40H,5,23-27H2,1-4H3;9-12,14-16,18-19,21-23H,3-8H2,1-2H3,(H,17,20);7-13,15-19H,2-6,14H2,1H3/t29-,33-,34+,35?,36-,37-,38-;9-,10+,11-,12?,14-,15-,16-;7-,8+,9-,10?,11-,12-,13-/m000/s1. The predicted molar refractivity (Wildman–Crippen MR) is 334 cm³/mol. The second-order valence-corrected chi connectivity index (χ2v) is 23.8. The summed E-state index contributed by atoms with van der Waals surface area (Å²) in [4.78, 5) is 11.6. The molecule has 0 spiro atoms. The molecule has 500 valence electrons. The van der Waals surface area contributed by atoms with E-state index in [4.69, 9.17) is 34.2 Å². The molecule has 0 bridgehead atoms. The lowest BCUT2D eigenvalue weighted by Crippen LogP contribution is -2.52. The van der Waals surface area contributed by atoms with Gasteiger partial charge in [-0.3, -0.25) is 4.79 Å². The first-order valence-corrected chi connectivity index (χ1v) is 31.9. The van der Waals surface area contributed by atoms with Crippen LogP contribution in [0, 0.1) is 5.92 Å². The molecule has 0 radical (unpaired) electrons. The Morgan fingerprint density at radius 1 is 0.557 bits per heavy atom. The summed E-state index contributed by atoms with van der Waals surface area (Å²) >= 11 is 0. The molecule has 21 atom stereocenters. The van der Waals surface area contributed by atoms with Crippen LogP contribution in [0.1, 0.15) is 136 Å². The summed E-state index contributed by atoms with van der Waals surface area (Å²) in [5.41, 5.74) is 9.12. The van der Waals surface area contributed by atoms with Crippen LogP contribution in [0.3, 0.4) is 0 Å². The van der Waals surface area contributed by atoms with Crippen molar-refractivity contribution in [2.75, 3.05) is 19.8 Å². The van der Waals surface area contributed by atoms with Gasteiger partial charge in [0.05, 0.1) is 118 Å². The Balaban J connectivity index is 0.000000316. The Kier molecular flexibility index (Phi) is 36.2. The molecule has 3 aliphatic carbocycles. The quantitative estimate of drug-likeness (QED) is 0.0323. The van der Waals surface area contributed by atoms with E-state index < -0.39 is 97.5 Å². The summed E-state index contributed by atoms with van der Waals surface area (Å²) < 4.78 is 37.5. The fourth-order valence-corrected chi connectivity index (χ4v) is 10.8. The van der Waals surface area contributed by atoms with E-state index in [9.17, 15) is 61.0 Å². The molecular formula is C67H109N3O18. The fourth-order valence-electron chi connectivity index (χ4n) is 10.8. The number of rotatable bonds is 31. The third-order valence-electron chi connectivity index (χ3n) is 16.5. The summed E-state index contributed by atoms with van der Waals surface area (Å²) in [5.74, 6) is -0.151. The zero-order valence-electron chi connectivity index (χ0n) is 52.9. The van der Waals surface area contributed by atoms with E-state index in [-0.39, 0.29) is 61.9 Å². The minimum absolute atomic E-state index is 0.0389. The van der Waals surface area contributed by atoms with Crippen molar-refractivity contribution in [3.05, 3.63) is 120 Å². The van der Waals surface area contributed by atoms with Crippen molar-refractivity contribution in [1.82, 2.24) is 10.6 Å². The molecule has 3 aliphatic rings. The van der Waals surface area contributed by atoms with E-state index in [1.54, 1.807) is 20.8 Å². The normalized spacial score (nSPS) is 28.1. The number of nitrogens with one attached hydrogen (secondary N) is 2. The van der Waals surface area contributed by atoms with Crippen LogP contribution in [0.15, 0.2) is 103 Å². The van der Waals surface area contributed by atoms with Crippen molar-refractivity contribution >= 4 is 5.91 Å². The van der Waals surface area contributed by atoms with Gasteiger partial charge in [-0.05, 0) is 94.7 Å². The summed E-state index contributed by atoms with van der Waals surface area (Å²) in [7, 11) is 0. The van der Waals surface area contributed by atoms with Gasteiger partial charge >= 0.3 is 0 Å². The van der Waals surface area contributed by atoms with Gasteiger partial charge in [-0.15, -0.1) is 0 Å². The molecule has 88 heavy (non-hydrogen) atoms. The second-order valence-electron chi connectivity index (χ2n) is 23.8. The van der Waals surface area contributed by atoms with Gasteiger partial charge in [-0.1, -0.05) is 138 Å². The van der Waals surface area contributed by atoms with Crippen LogP contribution in [-0.4, -0.2) is 210 Å². The van der Waals surface area contributed by atoms with E-state index in [1.807, 2.05) is 75.4 Å². The van der Waals surface area contributed by atoms with E-state index in [1.165, 1.54) is 0 Å². The topological polar surface area (TPSA) is 345 Å². The number of aliphatic hydroxyl groups excluding tert-OH is 11. The first-order chi connectivity index (χ1) is 42.1. The van der Waals surface area contributed by atoms with Crippen LogP contribution < -0.4 is 16.4 Å². The van der Waals surface area contributed by atoms with Crippen LogP contribution in [0.2, 0.25) is 0 Å². The molecule has 21 nitrogen and oxygen atoms in total. The van der Waals surface area contributed by atoms with E-state index >= 15 is 0 Å². The number of carbonyl (C=O) groups is 1. The highest BCUT2D eigenvalue weighted by Gasteiger charge is 2.40. The van der Waals surface area contributed by atoms with E-state index in [2.05, 4.69) is 66.1 Å². The zero-order valence-corrected chi connectivity index (χ0v) is 52.9. The number of hydrogen-bond donors (Lipinski definition) is 14. The van der Waals surface area contributed by atoms with Crippen LogP contribution in [0.5, 0.6) is 0 Å². The molecular weight excluding hydrogens is 1130 g/mol. The second kappa shape index (κ2) is 41.6. The maximum atomic E-state index is 11.6. The summed E-state index contributed by atoms with van der Waals surface area (Å²) in [5, 5.41) is 115. The number of aliphatic hydroxyl groups is 11. The van der Waals surface area contributed by atoms with Crippen molar-refractivity contribution < 1.29 is 89.4 Å². The molecule has 2 fully saturated rings. The van der Waals surface area contributed by atoms with E-state index in [0.717, 1.165) is 16.7 Å². The Bertz CT molecular complexity index is 2300. The highest BCUT2D eigenvalue weighted by Crippen LogP contribution is 2.30. The van der Waals surface area contributed by atoms with Crippen LogP contribution >= 0.6 is 0 Å². The molecule has 21 heteroatoms. The number of amides is 1. The van der Waals surface area contributed by atoms with Gasteiger partial charge in [0, 0.05) is 18.9 Å². The van der Waals surface area contributed by atoms with Gasteiger partial charge in [0.2, 0.25) is 5.91 Å². The highest BCUT2D eigenvalue weighted by atomic mass is 16.6. The third-order valence-corrected chi connectivity index (χ3v) is 16.5. The molecule has 6 rings (SSSR count). The molecule has 3 unspecified atom stereocenters. The molecule has 3 aromatic carbocycles. The maximum Gasteiger partial charge on any atom is 0.220 e. The maximum absolute atomic E-state index is 11.6. The lowest BCUT2D eigenvalue weighted by atomic mass is 9.97. The number of nitrogens with two attached hydrogens (primary N) is 1. The molecule has 15 N–H and O–H groups in total. The number of ether oxygens (including phenoxy) is 6. The van der Waals surface area contributed by atoms with Crippen molar-refractivity contribution in [3.63, 3.8) is 0 Å². The predicted octanol–water partition coefficient (Wildman–Crippen LogP) is 3.62. The smallest absolute Gasteiger partial charge is 0.220 e. The molecule has 1 amide bonds. The number of carbonyl (C=O) groups excluding carboxylic acids is 1. The van der Waals surface area contributed by atoms with E-state index in [0.29, 0.717) is 90.6 Å². The van der Waals surface area contributed by atoms with Gasteiger partial charge < -0.3 is 101 Å². The van der Waals surface area contributed by atoms with Crippen molar-refractivity contribution in [3.8, 4) is 0 Å². The third kappa shape index (κ3) is 26.0. The largest absolute Gasteiger partial charge is 0.390 e. The Morgan fingerprint density at radius 2 is 1.01 bits per heavy atom.